The van der Waals surface area contributed by atoms with Crippen LogP contribution in [0.4, 0.5) is 0 Å². The Labute approximate surface area is 129 Å². The van der Waals surface area contributed by atoms with Crippen LogP contribution in [0.3, 0.4) is 0 Å². The average molecular weight is 304 g/mol. The molecule has 0 bridgehead atoms. The molecule has 1 saturated heterocycles. The second kappa shape index (κ2) is 4.22. The first-order valence-corrected chi connectivity index (χ1v) is 7.94. The zero-order valence-corrected chi connectivity index (χ0v) is 13.1. The van der Waals surface area contributed by atoms with Gasteiger partial charge in [-0.2, -0.15) is 0 Å². The number of fused-ring (bicyclic) bond motifs is 2. The number of hydrogen-bond donors (Lipinski definition) is 0. The molecule has 0 unspecified atom stereocenters. The molecular weight excluding hydrogens is 284 g/mol. The largest absolute Gasteiger partial charge is 0.453 e. The monoisotopic (exact) mass is 304 g/mol. The van der Waals surface area contributed by atoms with E-state index in [-0.39, 0.29) is 23.3 Å². The van der Waals surface area contributed by atoms with Gasteiger partial charge in [-0.05, 0) is 32.6 Å². The molecule has 0 aromatic carbocycles. The van der Waals surface area contributed by atoms with Crippen molar-refractivity contribution in [2.75, 3.05) is 6.61 Å². The molecule has 0 aromatic heterocycles. The van der Waals surface area contributed by atoms with Gasteiger partial charge in [-0.25, -0.2) is 9.59 Å². The molecule has 118 valence electrons. The second-order valence-corrected chi connectivity index (χ2v) is 6.78. The van der Waals surface area contributed by atoms with Crippen LogP contribution in [0.2, 0.25) is 0 Å². The summed E-state index contributed by atoms with van der Waals surface area (Å²) in [5, 5.41) is 0. The molecule has 0 amide bonds. The van der Waals surface area contributed by atoms with Crippen LogP contribution in [0, 0.1) is 11.3 Å². The molecule has 22 heavy (non-hydrogen) atoms. The van der Waals surface area contributed by atoms with Crippen LogP contribution in [0.25, 0.3) is 0 Å². The molecule has 2 aliphatic heterocycles. The van der Waals surface area contributed by atoms with Crippen molar-refractivity contribution in [2.24, 2.45) is 11.3 Å². The highest BCUT2D eigenvalue weighted by atomic mass is 16.7. The van der Waals surface area contributed by atoms with E-state index in [0.29, 0.717) is 18.6 Å². The smallest absolute Gasteiger partial charge is 0.336 e. The fourth-order valence-electron chi connectivity index (χ4n) is 4.74. The minimum atomic E-state index is -1.04. The summed E-state index contributed by atoms with van der Waals surface area (Å²) >= 11 is 0. The molecule has 0 N–H and O–H groups in total. The quantitative estimate of drug-likeness (QED) is 0.732. The lowest BCUT2D eigenvalue weighted by molar-refractivity contribution is -0.227. The Bertz CT molecular complexity index is 645. The summed E-state index contributed by atoms with van der Waals surface area (Å²) in [5.41, 5.74) is 1.63. The van der Waals surface area contributed by atoms with Crippen LogP contribution in [0.1, 0.15) is 40.0 Å². The number of hydrogen-bond acceptors (Lipinski definition) is 5. The van der Waals surface area contributed by atoms with Gasteiger partial charge in [-0.3, -0.25) is 0 Å². The predicted molar refractivity (Wildman–Crippen MR) is 76.6 cm³/mol. The van der Waals surface area contributed by atoms with Crippen LogP contribution >= 0.6 is 0 Å². The molecule has 4 atom stereocenters. The molecule has 0 aromatic rings. The third-order valence-corrected chi connectivity index (χ3v) is 5.81. The van der Waals surface area contributed by atoms with Gasteiger partial charge in [-0.15, -0.1) is 0 Å². The minimum Gasteiger partial charge on any atom is -0.453 e. The fourth-order valence-corrected chi connectivity index (χ4v) is 4.74. The van der Waals surface area contributed by atoms with E-state index in [1.54, 1.807) is 6.92 Å². The highest BCUT2D eigenvalue weighted by molar-refractivity contribution is 5.96. The maximum Gasteiger partial charge on any atom is 0.336 e. The first kappa shape index (κ1) is 14.0. The Kier molecular flexibility index (Phi) is 2.69. The van der Waals surface area contributed by atoms with Gasteiger partial charge in [0.1, 0.15) is 6.10 Å². The summed E-state index contributed by atoms with van der Waals surface area (Å²) in [6.45, 7) is 6.14. The summed E-state index contributed by atoms with van der Waals surface area (Å²) < 4.78 is 17.3. The average Bonchev–Trinajstić information content (AvgIpc) is 2.85. The third kappa shape index (κ3) is 1.43. The number of carbonyl (C=O) groups excluding carboxylic acids is 2. The summed E-state index contributed by atoms with van der Waals surface area (Å²) in [6, 6.07) is 0. The molecule has 2 heterocycles. The maximum absolute atomic E-state index is 12.3. The van der Waals surface area contributed by atoms with Gasteiger partial charge in [0, 0.05) is 29.6 Å². The molecule has 4 rings (SSSR count). The van der Waals surface area contributed by atoms with Gasteiger partial charge < -0.3 is 14.2 Å². The van der Waals surface area contributed by atoms with Gasteiger partial charge in [0.05, 0.1) is 5.57 Å². The Morgan fingerprint density at radius 1 is 1.36 bits per heavy atom. The molecule has 2 fully saturated rings. The van der Waals surface area contributed by atoms with Crippen LogP contribution in [0.5, 0.6) is 0 Å². The highest BCUT2D eigenvalue weighted by Crippen LogP contribution is 2.62. The fraction of sp³-hybridized carbons (Fsp3) is 0.647. The van der Waals surface area contributed by atoms with E-state index in [2.05, 4.69) is 6.92 Å². The summed E-state index contributed by atoms with van der Waals surface area (Å²) in [7, 11) is 0. The van der Waals surface area contributed by atoms with Crippen LogP contribution in [-0.4, -0.2) is 30.4 Å². The SMILES string of the molecule is CCO[C@]12C[C@H]3CCC=C4C(=O)O[C@@H](C1=C(C)C(=O)O2)[C@]43C. The van der Waals surface area contributed by atoms with Crippen molar-refractivity contribution in [3.8, 4) is 0 Å². The summed E-state index contributed by atoms with van der Waals surface area (Å²) in [5.74, 6) is -1.46. The predicted octanol–water partition coefficient (Wildman–Crippen LogP) is 2.26. The first-order valence-electron chi connectivity index (χ1n) is 7.94. The molecule has 2 aliphatic carbocycles. The van der Waals surface area contributed by atoms with E-state index in [9.17, 15) is 9.59 Å². The van der Waals surface area contributed by atoms with Crippen molar-refractivity contribution in [1.82, 2.24) is 0 Å². The second-order valence-electron chi connectivity index (χ2n) is 6.78. The standard InChI is InChI=1S/C17H20O5/c1-4-20-17-8-10-6-5-7-11-15(19)21-13(16(10,11)3)12(17)9(2)14(18)22-17/h7,10,13H,4-6,8H2,1-3H3/t10-,13+,16+,17+/m1/s1. The van der Waals surface area contributed by atoms with E-state index in [4.69, 9.17) is 14.2 Å². The molecular formula is C17H20O5. The number of rotatable bonds is 2. The summed E-state index contributed by atoms with van der Waals surface area (Å²) in [4.78, 5) is 24.5. The number of esters is 2. The van der Waals surface area contributed by atoms with E-state index in [0.717, 1.165) is 24.0 Å². The number of allylic oxidation sites excluding steroid dienone is 1. The molecule has 4 aliphatic rings. The van der Waals surface area contributed by atoms with Gasteiger partial charge in [0.15, 0.2) is 0 Å². The molecule has 5 nitrogen and oxygen atoms in total. The highest BCUT2D eigenvalue weighted by Gasteiger charge is 2.68. The Morgan fingerprint density at radius 3 is 2.86 bits per heavy atom. The van der Waals surface area contributed by atoms with Crippen molar-refractivity contribution in [3.63, 3.8) is 0 Å². The Morgan fingerprint density at radius 2 is 2.14 bits per heavy atom. The molecule has 0 radical (unpaired) electrons. The van der Waals surface area contributed by atoms with Crippen molar-refractivity contribution in [1.29, 1.82) is 0 Å². The van der Waals surface area contributed by atoms with Crippen molar-refractivity contribution >= 4 is 11.9 Å². The topological polar surface area (TPSA) is 61.8 Å². The van der Waals surface area contributed by atoms with Gasteiger partial charge in [0.2, 0.25) is 5.79 Å². The zero-order chi connectivity index (χ0) is 15.7. The van der Waals surface area contributed by atoms with Crippen molar-refractivity contribution in [2.45, 2.75) is 51.9 Å². The summed E-state index contributed by atoms with van der Waals surface area (Å²) in [6.07, 6.45) is 3.95. The Hall–Kier alpha value is -1.62. The van der Waals surface area contributed by atoms with E-state index >= 15 is 0 Å². The van der Waals surface area contributed by atoms with Crippen molar-refractivity contribution < 1.29 is 23.8 Å². The molecule has 5 heteroatoms. The Balaban J connectivity index is 1.92. The maximum atomic E-state index is 12.3. The number of ether oxygens (including phenoxy) is 3. The van der Waals surface area contributed by atoms with Crippen LogP contribution in [0.15, 0.2) is 22.8 Å². The lowest BCUT2D eigenvalue weighted by atomic mass is 9.56. The van der Waals surface area contributed by atoms with E-state index in [1.807, 2.05) is 13.0 Å². The molecule has 1 saturated carbocycles. The lowest BCUT2D eigenvalue weighted by Crippen LogP contribution is -2.55. The lowest BCUT2D eigenvalue weighted by Gasteiger charge is -2.50. The van der Waals surface area contributed by atoms with Gasteiger partial charge in [0.25, 0.3) is 0 Å². The van der Waals surface area contributed by atoms with Gasteiger partial charge >= 0.3 is 11.9 Å². The van der Waals surface area contributed by atoms with Gasteiger partial charge in [-0.1, -0.05) is 13.0 Å². The number of carbonyl (C=O) groups is 2. The van der Waals surface area contributed by atoms with Crippen LogP contribution < -0.4 is 0 Å². The van der Waals surface area contributed by atoms with Crippen molar-refractivity contribution in [3.05, 3.63) is 22.8 Å². The van der Waals surface area contributed by atoms with Crippen LogP contribution in [-0.2, 0) is 23.8 Å². The normalized spacial score (nSPS) is 42.6. The zero-order valence-electron chi connectivity index (χ0n) is 13.1. The minimum absolute atomic E-state index is 0.206. The first-order chi connectivity index (χ1) is 10.4. The van der Waals surface area contributed by atoms with E-state index < -0.39 is 11.9 Å². The third-order valence-electron chi connectivity index (χ3n) is 5.81. The van der Waals surface area contributed by atoms with E-state index in [1.165, 1.54) is 0 Å². The molecule has 0 spiro atoms.